The van der Waals surface area contributed by atoms with Gasteiger partial charge in [-0.1, -0.05) is 25.1 Å². The molecule has 0 amide bonds. The molecule has 0 aliphatic carbocycles. The molecule has 0 spiro atoms. The molecule has 0 radical (unpaired) electrons. The lowest BCUT2D eigenvalue weighted by Crippen LogP contribution is -2.42. The molecule has 18 heavy (non-hydrogen) atoms. The molecule has 0 aliphatic rings. The first-order valence-electron chi connectivity index (χ1n) is 6.27. The smallest absolute Gasteiger partial charge is 0.326 e. The molecular weight excluding hydrogens is 230 g/mol. The normalized spacial score (nSPS) is 11.9. The lowest BCUT2D eigenvalue weighted by Gasteiger charge is -2.17. The van der Waals surface area contributed by atoms with Crippen LogP contribution in [0, 0.1) is 6.92 Å². The summed E-state index contributed by atoms with van der Waals surface area (Å²) in [4.78, 5) is 11.7. The van der Waals surface area contributed by atoms with Gasteiger partial charge >= 0.3 is 5.97 Å². The van der Waals surface area contributed by atoms with Gasteiger partial charge in [0, 0.05) is 0 Å². The average Bonchev–Trinajstić information content (AvgIpc) is 2.36. The van der Waals surface area contributed by atoms with E-state index in [9.17, 15) is 4.79 Å². The Kier molecular flexibility index (Phi) is 6.22. The van der Waals surface area contributed by atoms with Crippen LogP contribution >= 0.6 is 0 Å². The summed E-state index contributed by atoms with van der Waals surface area (Å²) in [6.07, 6.45) is 0. The van der Waals surface area contributed by atoms with E-state index in [2.05, 4.69) is 5.32 Å². The summed E-state index contributed by atoms with van der Waals surface area (Å²) in [6.45, 7) is 7.06. The molecule has 1 N–H and O–H groups in total. The van der Waals surface area contributed by atoms with Crippen LogP contribution in [0.15, 0.2) is 24.3 Å². The first-order chi connectivity index (χ1) is 8.69. The van der Waals surface area contributed by atoms with Gasteiger partial charge in [-0.3, -0.25) is 4.79 Å². The largest absolute Gasteiger partial charge is 0.491 e. The number of esters is 1. The minimum absolute atomic E-state index is 0.270. The van der Waals surface area contributed by atoms with E-state index in [4.69, 9.17) is 9.47 Å². The van der Waals surface area contributed by atoms with Gasteiger partial charge in [0.2, 0.25) is 0 Å². The van der Waals surface area contributed by atoms with Crippen LogP contribution in [0.4, 0.5) is 0 Å². The van der Waals surface area contributed by atoms with E-state index in [1.807, 2.05) is 38.1 Å². The van der Waals surface area contributed by atoms with Crippen molar-refractivity contribution < 1.29 is 14.3 Å². The Bertz CT molecular complexity index is 379. The second-order valence-corrected chi connectivity index (χ2v) is 3.94. The van der Waals surface area contributed by atoms with E-state index in [0.29, 0.717) is 13.2 Å². The van der Waals surface area contributed by atoms with Gasteiger partial charge in [0.05, 0.1) is 6.61 Å². The molecule has 0 bridgehead atoms. The van der Waals surface area contributed by atoms with Crippen LogP contribution in [0.3, 0.4) is 0 Å². The number of aryl methyl sites for hydroxylation is 1. The molecular formula is C14H21NO3. The van der Waals surface area contributed by atoms with Gasteiger partial charge in [0.25, 0.3) is 0 Å². The fraction of sp³-hybridized carbons (Fsp3) is 0.500. The molecule has 0 saturated carbocycles. The van der Waals surface area contributed by atoms with Crippen LogP contribution in [-0.4, -0.2) is 31.8 Å². The second-order valence-electron chi connectivity index (χ2n) is 3.94. The van der Waals surface area contributed by atoms with Gasteiger partial charge in [0.15, 0.2) is 0 Å². The van der Waals surface area contributed by atoms with Crippen LogP contribution in [0.1, 0.15) is 19.4 Å². The van der Waals surface area contributed by atoms with Crippen LogP contribution < -0.4 is 10.1 Å². The van der Waals surface area contributed by atoms with Crippen LogP contribution in [0.5, 0.6) is 5.75 Å². The Hall–Kier alpha value is -1.55. The predicted molar refractivity (Wildman–Crippen MR) is 70.8 cm³/mol. The molecule has 1 rings (SSSR count). The number of carbonyl (C=O) groups excluding carboxylic acids is 1. The molecule has 0 aliphatic heterocycles. The molecule has 0 aromatic heterocycles. The standard InChI is InChI=1S/C14H21NO3/c1-4-15-12(14(16)17-5-2)10-18-13-9-7-6-8-11(13)3/h6-9,12,15H,4-5,10H2,1-3H3. The minimum Gasteiger partial charge on any atom is -0.491 e. The molecule has 1 aromatic carbocycles. The monoisotopic (exact) mass is 251 g/mol. The molecule has 1 unspecified atom stereocenters. The van der Waals surface area contributed by atoms with Gasteiger partial charge in [-0.25, -0.2) is 0 Å². The number of hydrogen-bond donors (Lipinski definition) is 1. The summed E-state index contributed by atoms with van der Waals surface area (Å²) in [5.74, 6) is 0.526. The van der Waals surface area contributed by atoms with E-state index < -0.39 is 6.04 Å². The maximum Gasteiger partial charge on any atom is 0.326 e. The topological polar surface area (TPSA) is 47.6 Å². The molecule has 0 heterocycles. The molecule has 0 saturated heterocycles. The quantitative estimate of drug-likeness (QED) is 0.752. The average molecular weight is 251 g/mol. The highest BCUT2D eigenvalue weighted by molar-refractivity contribution is 5.76. The maximum absolute atomic E-state index is 11.7. The van der Waals surface area contributed by atoms with Crippen molar-refractivity contribution in [1.29, 1.82) is 0 Å². The number of rotatable bonds is 7. The summed E-state index contributed by atoms with van der Waals surface area (Å²) in [5, 5.41) is 3.06. The third kappa shape index (κ3) is 4.37. The highest BCUT2D eigenvalue weighted by Crippen LogP contribution is 2.16. The van der Waals surface area contributed by atoms with E-state index in [-0.39, 0.29) is 12.6 Å². The second kappa shape index (κ2) is 7.71. The lowest BCUT2D eigenvalue weighted by molar-refractivity contribution is -0.146. The molecule has 4 heteroatoms. The summed E-state index contributed by atoms with van der Waals surface area (Å²) < 4.78 is 10.6. The Morgan fingerprint density at radius 2 is 2.06 bits per heavy atom. The Morgan fingerprint density at radius 3 is 2.67 bits per heavy atom. The van der Waals surface area contributed by atoms with E-state index >= 15 is 0 Å². The van der Waals surface area contributed by atoms with E-state index in [1.165, 1.54) is 0 Å². The number of likely N-dealkylation sites (N-methyl/N-ethyl adjacent to an activating group) is 1. The van der Waals surface area contributed by atoms with Gasteiger partial charge in [-0.05, 0) is 32.0 Å². The zero-order valence-electron chi connectivity index (χ0n) is 11.2. The fourth-order valence-electron chi connectivity index (χ4n) is 1.59. The molecule has 1 atom stereocenters. The first kappa shape index (κ1) is 14.5. The van der Waals surface area contributed by atoms with Crippen molar-refractivity contribution >= 4 is 5.97 Å². The van der Waals surface area contributed by atoms with Crippen LogP contribution in [-0.2, 0) is 9.53 Å². The van der Waals surface area contributed by atoms with Crippen molar-refractivity contribution in [3.63, 3.8) is 0 Å². The molecule has 1 aromatic rings. The Balaban J connectivity index is 2.57. The van der Waals surface area contributed by atoms with Crippen molar-refractivity contribution in [2.45, 2.75) is 26.8 Å². The number of benzene rings is 1. The molecule has 100 valence electrons. The third-order valence-electron chi connectivity index (χ3n) is 2.52. The van der Waals surface area contributed by atoms with E-state index in [0.717, 1.165) is 11.3 Å². The van der Waals surface area contributed by atoms with E-state index in [1.54, 1.807) is 6.92 Å². The summed E-state index contributed by atoms with van der Waals surface area (Å²) >= 11 is 0. The van der Waals surface area contributed by atoms with Crippen molar-refractivity contribution in [3.05, 3.63) is 29.8 Å². The van der Waals surface area contributed by atoms with Gasteiger partial charge < -0.3 is 14.8 Å². The number of para-hydroxylation sites is 1. The summed E-state index contributed by atoms with van der Waals surface area (Å²) in [6, 6.07) is 7.31. The van der Waals surface area contributed by atoms with Crippen molar-refractivity contribution in [2.75, 3.05) is 19.8 Å². The highest BCUT2D eigenvalue weighted by atomic mass is 16.5. The lowest BCUT2D eigenvalue weighted by atomic mass is 10.2. The number of nitrogens with one attached hydrogen (secondary N) is 1. The number of hydrogen-bond acceptors (Lipinski definition) is 4. The van der Waals surface area contributed by atoms with Crippen LogP contribution in [0.2, 0.25) is 0 Å². The Labute approximate surface area is 108 Å². The summed E-state index contributed by atoms with van der Waals surface area (Å²) in [7, 11) is 0. The number of ether oxygens (including phenoxy) is 2. The predicted octanol–water partition coefficient (Wildman–Crippen LogP) is 1.92. The SMILES string of the molecule is CCNC(COc1ccccc1C)C(=O)OCC. The van der Waals surface area contributed by atoms with Crippen molar-refractivity contribution in [2.24, 2.45) is 0 Å². The Morgan fingerprint density at radius 1 is 1.33 bits per heavy atom. The molecule has 4 nitrogen and oxygen atoms in total. The third-order valence-corrected chi connectivity index (χ3v) is 2.52. The maximum atomic E-state index is 11.7. The first-order valence-corrected chi connectivity index (χ1v) is 6.27. The molecule has 0 fully saturated rings. The van der Waals surface area contributed by atoms with Crippen molar-refractivity contribution in [1.82, 2.24) is 5.32 Å². The minimum atomic E-state index is -0.422. The number of carbonyl (C=O) groups is 1. The summed E-state index contributed by atoms with van der Waals surface area (Å²) in [5.41, 5.74) is 1.05. The zero-order valence-corrected chi connectivity index (χ0v) is 11.2. The van der Waals surface area contributed by atoms with Crippen molar-refractivity contribution in [3.8, 4) is 5.75 Å². The highest BCUT2D eigenvalue weighted by Gasteiger charge is 2.19. The fourth-order valence-corrected chi connectivity index (χ4v) is 1.59. The zero-order chi connectivity index (χ0) is 13.4. The van der Waals surface area contributed by atoms with Gasteiger partial charge in [0.1, 0.15) is 18.4 Å². The van der Waals surface area contributed by atoms with Gasteiger partial charge in [-0.15, -0.1) is 0 Å². The van der Waals surface area contributed by atoms with Crippen LogP contribution in [0.25, 0.3) is 0 Å². The van der Waals surface area contributed by atoms with Gasteiger partial charge in [-0.2, -0.15) is 0 Å².